The fraction of sp³-hybridized carbons (Fsp3) is 0.0909. The number of hydrogen-bond acceptors (Lipinski definition) is 6. The number of nitro benzene ring substituents is 1. The van der Waals surface area contributed by atoms with Crippen molar-refractivity contribution in [3.63, 3.8) is 0 Å². The second-order valence-electron chi connectivity index (χ2n) is 3.83. The number of rotatable bonds is 5. The second kappa shape index (κ2) is 5.97. The number of benzene rings is 1. The first kappa shape index (κ1) is 14.4. The molecule has 0 unspecified atom stereocenters. The minimum absolute atomic E-state index is 0.00593. The molecule has 7 nitrogen and oxygen atoms in total. The number of halogens is 1. The van der Waals surface area contributed by atoms with Crippen LogP contribution in [-0.2, 0) is 6.54 Å². The van der Waals surface area contributed by atoms with Crippen molar-refractivity contribution >= 4 is 43.6 Å². The summed E-state index contributed by atoms with van der Waals surface area (Å²) in [5, 5.41) is 26.0. The van der Waals surface area contributed by atoms with E-state index in [2.05, 4.69) is 21.2 Å². The van der Waals surface area contributed by atoms with E-state index in [1.165, 1.54) is 18.2 Å². The first-order valence-electron chi connectivity index (χ1n) is 5.37. The van der Waals surface area contributed by atoms with Crippen molar-refractivity contribution < 1.29 is 9.85 Å². The number of hydrogen-bond donors (Lipinski definition) is 1. The van der Waals surface area contributed by atoms with Gasteiger partial charge in [-0.3, -0.25) is 20.2 Å². The Labute approximate surface area is 125 Å². The summed E-state index contributed by atoms with van der Waals surface area (Å²) in [7, 11) is 0. The molecule has 2 rings (SSSR count). The van der Waals surface area contributed by atoms with Gasteiger partial charge in [-0.05, 0) is 27.6 Å². The van der Waals surface area contributed by atoms with Crippen LogP contribution >= 0.6 is 27.3 Å². The SMILES string of the molecule is O=[N+]([O-])c1ccc(NCc2csc([N+](=O)[O-])c2)c(Br)c1. The third-order valence-electron chi connectivity index (χ3n) is 2.47. The van der Waals surface area contributed by atoms with Gasteiger partial charge in [0.1, 0.15) is 0 Å². The zero-order valence-corrected chi connectivity index (χ0v) is 12.3. The van der Waals surface area contributed by atoms with E-state index in [4.69, 9.17) is 0 Å². The molecule has 1 heterocycles. The molecule has 0 fully saturated rings. The number of thiophene rings is 1. The predicted molar refractivity (Wildman–Crippen MR) is 79.1 cm³/mol. The Kier molecular flexibility index (Phi) is 4.30. The van der Waals surface area contributed by atoms with E-state index in [-0.39, 0.29) is 10.7 Å². The summed E-state index contributed by atoms with van der Waals surface area (Å²) in [6.07, 6.45) is 0. The maximum atomic E-state index is 10.6. The summed E-state index contributed by atoms with van der Waals surface area (Å²) < 4.78 is 0.566. The Bertz CT molecular complexity index is 673. The van der Waals surface area contributed by atoms with Gasteiger partial charge < -0.3 is 5.32 Å². The molecule has 1 aromatic carbocycles. The highest BCUT2D eigenvalue weighted by Crippen LogP contribution is 2.28. The quantitative estimate of drug-likeness (QED) is 0.645. The van der Waals surface area contributed by atoms with Crippen molar-refractivity contribution in [2.45, 2.75) is 6.54 Å². The Morgan fingerprint density at radius 3 is 2.50 bits per heavy atom. The van der Waals surface area contributed by atoms with Gasteiger partial charge in [-0.15, -0.1) is 0 Å². The van der Waals surface area contributed by atoms with Gasteiger partial charge in [-0.25, -0.2) is 0 Å². The van der Waals surface area contributed by atoms with Crippen molar-refractivity contribution in [3.05, 3.63) is 59.9 Å². The van der Waals surface area contributed by atoms with Gasteiger partial charge >= 0.3 is 5.00 Å². The van der Waals surface area contributed by atoms with Gasteiger partial charge in [0, 0.05) is 40.3 Å². The molecule has 20 heavy (non-hydrogen) atoms. The second-order valence-corrected chi connectivity index (χ2v) is 5.57. The molecule has 0 aliphatic heterocycles. The third-order valence-corrected chi connectivity index (χ3v) is 4.05. The van der Waals surface area contributed by atoms with Crippen molar-refractivity contribution in [1.82, 2.24) is 0 Å². The summed E-state index contributed by atoms with van der Waals surface area (Å²) in [6, 6.07) is 5.88. The van der Waals surface area contributed by atoms with Crippen LogP contribution in [0.25, 0.3) is 0 Å². The number of non-ortho nitro benzene ring substituents is 1. The normalized spacial score (nSPS) is 10.2. The largest absolute Gasteiger partial charge is 0.380 e. The average Bonchev–Trinajstić information content (AvgIpc) is 2.86. The molecule has 0 radical (unpaired) electrons. The zero-order chi connectivity index (χ0) is 14.7. The zero-order valence-electron chi connectivity index (χ0n) is 9.91. The molecule has 0 atom stereocenters. The maximum Gasteiger partial charge on any atom is 0.324 e. The summed E-state index contributed by atoms with van der Waals surface area (Å²) in [4.78, 5) is 20.3. The molecule has 0 saturated carbocycles. The molecule has 1 aromatic heterocycles. The predicted octanol–water partition coefficient (Wildman–Crippen LogP) is 3.94. The van der Waals surface area contributed by atoms with Gasteiger partial charge in [0.25, 0.3) is 5.69 Å². The van der Waals surface area contributed by atoms with Crippen molar-refractivity contribution in [2.24, 2.45) is 0 Å². The number of nitro groups is 2. The minimum Gasteiger partial charge on any atom is -0.380 e. The van der Waals surface area contributed by atoms with Crippen molar-refractivity contribution in [2.75, 3.05) is 5.32 Å². The maximum absolute atomic E-state index is 10.6. The Morgan fingerprint density at radius 2 is 1.95 bits per heavy atom. The lowest BCUT2D eigenvalue weighted by atomic mass is 10.2. The number of nitrogens with one attached hydrogen (secondary N) is 1. The summed E-state index contributed by atoms with van der Waals surface area (Å²) in [5.41, 5.74) is 1.46. The van der Waals surface area contributed by atoms with Crippen LogP contribution in [-0.4, -0.2) is 9.85 Å². The summed E-state index contributed by atoms with van der Waals surface area (Å²) in [5.74, 6) is 0. The highest BCUT2D eigenvalue weighted by atomic mass is 79.9. The minimum atomic E-state index is -0.475. The molecule has 1 N–H and O–H groups in total. The molecule has 104 valence electrons. The van der Waals surface area contributed by atoms with Gasteiger partial charge in [0.15, 0.2) is 0 Å². The molecular weight excluding hydrogens is 350 g/mol. The third kappa shape index (κ3) is 3.31. The van der Waals surface area contributed by atoms with Crippen LogP contribution in [0.15, 0.2) is 34.1 Å². The van der Waals surface area contributed by atoms with Crippen molar-refractivity contribution in [1.29, 1.82) is 0 Å². The van der Waals surface area contributed by atoms with E-state index in [1.807, 2.05) is 0 Å². The molecular formula is C11H8BrN3O4S. The van der Waals surface area contributed by atoms with Crippen LogP contribution in [0.2, 0.25) is 0 Å². The van der Waals surface area contributed by atoms with Crippen molar-refractivity contribution in [3.8, 4) is 0 Å². The summed E-state index contributed by atoms with van der Waals surface area (Å²) >= 11 is 4.31. The fourth-order valence-electron chi connectivity index (χ4n) is 1.51. The van der Waals surface area contributed by atoms with Crippen LogP contribution in [0.4, 0.5) is 16.4 Å². The molecule has 0 aliphatic carbocycles. The average molecular weight is 358 g/mol. The van der Waals surface area contributed by atoms with Crippen LogP contribution in [0.1, 0.15) is 5.56 Å². The number of nitrogens with zero attached hydrogens (tertiary/aromatic N) is 2. The smallest absolute Gasteiger partial charge is 0.324 e. The van der Waals surface area contributed by atoms with Crippen LogP contribution in [0.5, 0.6) is 0 Å². The standard InChI is InChI=1S/C11H8BrN3O4S/c12-9-4-8(14(16)17)1-2-10(9)13-5-7-3-11(15(18)19)20-6-7/h1-4,6,13H,5H2. The van der Waals surface area contributed by atoms with Crippen LogP contribution in [0.3, 0.4) is 0 Å². The van der Waals surface area contributed by atoms with Gasteiger partial charge in [0.05, 0.1) is 9.85 Å². The lowest BCUT2D eigenvalue weighted by Crippen LogP contribution is -1.99. The Hall–Kier alpha value is -2.00. The fourth-order valence-corrected chi connectivity index (χ4v) is 2.75. The monoisotopic (exact) mass is 357 g/mol. The van der Waals surface area contributed by atoms with E-state index < -0.39 is 9.85 Å². The Morgan fingerprint density at radius 1 is 1.20 bits per heavy atom. The first-order valence-corrected chi connectivity index (χ1v) is 7.04. The molecule has 9 heteroatoms. The molecule has 0 bridgehead atoms. The lowest BCUT2D eigenvalue weighted by Gasteiger charge is -2.06. The highest BCUT2D eigenvalue weighted by molar-refractivity contribution is 9.10. The van der Waals surface area contributed by atoms with Crippen LogP contribution < -0.4 is 5.32 Å². The van der Waals surface area contributed by atoms with Gasteiger partial charge in [-0.2, -0.15) is 0 Å². The lowest BCUT2D eigenvalue weighted by molar-refractivity contribution is -0.384. The van der Waals surface area contributed by atoms with Gasteiger partial charge in [0.2, 0.25) is 0 Å². The first-order chi connectivity index (χ1) is 9.47. The molecule has 2 aromatic rings. The molecule has 0 spiro atoms. The van der Waals surface area contributed by atoms with E-state index >= 15 is 0 Å². The highest BCUT2D eigenvalue weighted by Gasteiger charge is 2.11. The summed E-state index contributed by atoms with van der Waals surface area (Å²) in [6.45, 7) is 0.404. The molecule has 0 saturated heterocycles. The van der Waals surface area contributed by atoms with E-state index in [1.54, 1.807) is 11.4 Å². The molecule has 0 aliphatic rings. The van der Waals surface area contributed by atoms with Crippen LogP contribution in [0, 0.1) is 20.2 Å². The van der Waals surface area contributed by atoms with E-state index in [0.29, 0.717) is 16.7 Å². The number of anilines is 1. The van der Waals surface area contributed by atoms with Gasteiger partial charge in [-0.1, -0.05) is 11.3 Å². The molecule has 0 amide bonds. The Balaban J connectivity index is 2.06. The van der Waals surface area contributed by atoms with E-state index in [9.17, 15) is 20.2 Å². The van der Waals surface area contributed by atoms with E-state index in [0.717, 1.165) is 16.9 Å². The topological polar surface area (TPSA) is 98.3 Å².